The van der Waals surface area contributed by atoms with E-state index in [1.807, 2.05) is 0 Å². The number of carbonyl (C=O) groups excluding carboxylic acids is 4. The van der Waals surface area contributed by atoms with Crippen LogP contribution in [0, 0.1) is 23.7 Å². The quantitative estimate of drug-likeness (QED) is 0.0222. The fourth-order valence-electron chi connectivity index (χ4n) is 10.6. The standard InChI is InChI=1S/C71H138O17P2/c1-9-64(8)50-42-34-25-18-15-16-19-26-35-43-51-68(73)81-57-66(87-70(75)53-45-37-27-20-14-12-10-11-13-17-23-31-39-47-61(2)3)59-85-89(77,78)83-55-65(72)56-84-90(79,80)86-60-67(58-82-69(74)52-44-36-30-29-33-41-49-63(6)7)88-71(76)54-46-38-28-22-21-24-32-40-48-62(4)5/h61-67,72H,9-60H2,1-8H3,(H,77,78)(H,79,80)/t64?,65-,66-,67-/m1/s1. The zero-order valence-electron chi connectivity index (χ0n) is 58.8. The van der Waals surface area contributed by atoms with Gasteiger partial charge in [-0.15, -0.1) is 0 Å². The molecule has 534 valence electrons. The van der Waals surface area contributed by atoms with Gasteiger partial charge in [0.25, 0.3) is 0 Å². The van der Waals surface area contributed by atoms with Crippen molar-refractivity contribution >= 4 is 39.5 Å². The smallest absolute Gasteiger partial charge is 0.462 e. The Hall–Kier alpha value is -1.94. The molecule has 17 nitrogen and oxygen atoms in total. The van der Waals surface area contributed by atoms with Crippen LogP contribution in [0.2, 0.25) is 0 Å². The van der Waals surface area contributed by atoms with E-state index in [2.05, 4.69) is 55.4 Å². The second kappa shape index (κ2) is 60.7. The number of aliphatic hydroxyl groups excluding tert-OH is 1. The van der Waals surface area contributed by atoms with E-state index >= 15 is 0 Å². The number of rotatable bonds is 68. The topological polar surface area (TPSA) is 237 Å². The first kappa shape index (κ1) is 88.1. The molecule has 0 bridgehead atoms. The number of phosphoric acid groups is 2. The number of ether oxygens (including phenoxy) is 4. The van der Waals surface area contributed by atoms with Gasteiger partial charge in [-0.3, -0.25) is 37.3 Å². The van der Waals surface area contributed by atoms with Crippen LogP contribution in [0.5, 0.6) is 0 Å². The predicted molar refractivity (Wildman–Crippen MR) is 363 cm³/mol. The molecule has 19 heteroatoms. The molecule has 0 heterocycles. The predicted octanol–water partition coefficient (Wildman–Crippen LogP) is 20.1. The van der Waals surface area contributed by atoms with Crippen molar-refractivity contribution in [3.63, 3.8) is 0 Å². The van der Waals surface area contributed by atoms with Crippen LogP contribution in [0.15, 0.2) is 0 Å². The molecule has 0 amide bonds. The van der Waals surface area contributed by atoms with Gasteiger partial charge in [-0.25, -0.2) is 9.13 Å². The SMILES string of the molecule is CCC(C)CCCCCCCCCCCCC(=O)OC[C@H](COP(=O)(O)OC[C@@H](O)COP(=O)(O)OC[C@@H](COC(=O)CCCCCCCCC(C)C)OC(=O)CCCCCCCCCCC(C)C)OC(=O)CCCCCCCCCCCCCCCC(C)C. The average Bonchev–Trinajstić information content (AvgIpc) is 3.71. The van der Waals surface area contributed by atoms with Gasteiger partial charge in [-0.1, -0.05) is 299 Å². The fraction of sp³-hybridized carbons (Fsp3) is 0.944. The first-order valence-electron chi connectivity index (χ1n) is 36.7. The van der Waals surface area contributed by atoms with Gasteiger partial charge in [0, 0.05) is 25.7 Å². The zero-order chi connectivity index (χ0) is 66.8. The van der Waals surface area contributed by atoms with E-state index in [9.17, 15) is 43.2 Å². The van der Waals surface area contributed by atoms with Crippen LogP contribution in [0.3, 0.4) is 0 Å². The van der Waals surface area contributed by atoms with Crippen molar-refractivity contribution in [1.82, 2.24) is 0 Å². The van der Waals surface area contributed by atoms with Gasteiger partial charge in [-0.2, -0.15) is 0 Å². The maximum absolute atomic E-state index is 13.0. The largest absolute Gasteiger partial charge is 0.472 e. The van der Waals surface area contributed by atoms with E-state index in [4.69, 9.17) is 37.0 Å². The number of hydrogen-bond donors (Lipinski definition) is 3. The maximum Gasteiger partial charge on any atom is 0.472 e. The van der Waals surface area contributed by atoms with Crippen molar-refractivity contribution in [1.29, 1.82) is 0 Å². The third kappa shape index (κ3) is 63.5. The van der Waals surface area contributed by atoms with Crippen molar-refractivity contribution < 1.29 is 80.2 Å². The van der Waals surface area contributed by atoms with Crippen molar-refractivity contribution in [2.75, 3.05) is 39.6 Å². The molecule has 0 aliphatic heterocycles. The molecule has 0 aliphatic rings. The van der Waals surface area contributed by atoms with E-state index in [0.29, 0.717) is 31.6 Å². The van der Waals surface area contributed by atoms with Crippen LogP contribution in [0.4, 0.5) is 0 Å². The summed E-state index contributed by atoms with van der Waals surface area (Å²) in [6.07, 6.45) is 43.2. The number of unbranched alkanes of at least 4 members (excludes halogenated alkanes) is 33. The number of aliphatic hydroxyl groups is 1. The molecule has 0 radical (unpaired) electrons. The zero-order valence-corrected chi connectivity index (χ0v) is 60.6. The number of hydrogen-bond acceptors (Lipinski definition) is 15. The van der Waals surface area contributed by atoms with Crippen molar-refractivity contribution in [2.24, 2.45) is 23.7 Å². The lowest BCUT2D eigenvalue weighted by atomic mass is 9.99. The van der Waals surface area contributed by atoms with Gasteiger partial charge >= 0.3 is 39.5 Å². The Kier molecular flexibility index (Phi) is 59.4. The summed E-state index contributed by atoms with van der Waals surface area (Å²) >= 11 is 0. The highest BCUT2D eigenvalue weighted by Crippen LogP contribution is 2.45. The van der Waals surface area contributed by atoms with Gasteiger partial charge in [0.2, 0.25) is 0 Å². The summed E-state index contributed by atoms with van der Waals surface area (Å²) in [5.41, 5.74) is 0. The summed E-state index contributed by atoms with van der Waals surface area (Å²) < 4.78 is 68.3. The van der Waals surface area contributed by atoms with Crippen LogP contribution < -0.4 is 0 Å². The summed E-state index contributed by atoms with van der Waals surface area (Å²) in [5.74, 6) is 0.863. The lowest BCUT2D eigenvalue weighted by Crippen LogP contribution is -2.30. The minimum Gasteiger partial charge on any atom is -0.462 e. The second-order valence-electron chi connectivity index (χ2n) is 27.3. The molecule has 3 N–H and O–H groups in total. The minimum atomic E-state index is -4.95. The summed E-state index contributed by atoms with van der Waals surface area (Å²) in [6, 6.07) is 0. The van der Waals surface area contributed by atoms with Crippen LogP contribution in [0.1, 0.15) is 351 Å². The van der Waals surface area contributed by atoms with E-state index < -0.39 is 97.5 Å². The van der Waals surface area contributed by atoms with E-state index in [1.54, 1.807) is 0 Å². The number of carbonyl (C=O) groups is 4. The molecule has 90 heavy (non-hydrogen) atoms. The van der Waals surface area contributed by atoms with Crippen molar-refractivity contribution in [3.8, 4) is 0 Å². The van der Waals surface area contributed by atoms with Gasteiger partial charge in [-0.05, 0) is 49.4 Å². The fourth-order valence-corrected chi connectivity index (χ4v) is 12.2. The Morgan fingerprint density at radius 3 is 0.789 bits per heavy atom. The van der Waals surface area contributed by atoms with Crippen molar-refractivity contribution in [2.45, 2.75) is 369 Å². The summed E-state index contributed by atoms with van der Waals surface area (Å²) in [5, 5.41) is 10.6. The Morgan fingerprint density at radius 1 is 0.311 bits per heavy atom. The second-order valence-corrected chi connectivity index (χ2v) is 30.2. The van der Waals surface area contributed by atoms with E-state index in [-0.39, 0.29) is 25.7 Å². The van der Waals surface area contributed by atoms with Gasteiger partial charge in [0.1, 0.15) is 19.3 Å². The molecule has 0 spiro atoms. The Bertz CT molecular complexity index is 1780. The van der Waals surface area contributed by atoms with Crippen LogP contribution >= 0.6 is 15.6 Å². The summed E-state index contributed by atoms with van der Waals surface area (Å²) in [4.78, 5) is 72.5. The molecule has 0 aliphatic carbocycles. The monoisotopic (exact) mass is 1320 g/mol. The van der Waals surface area contributed by atoms with Crippen LogP contribution in [0.25, 0.3) is 0 Å². The molecular weight excluding hydrogens is 1190 g/mol. The molecule has 0 saturated heterocycles. The first-order valence-corrected chi connectivity index (χ1v) is 39.7. The molecule has 0 fully saturated rings. The van der Waals surface area contributed by atoms with E-state index in [0.717, 1.165) is 114 Å². The maximum atomic E-state index is 13.0. The third-order valence-corrected chi connectivity index (χ3v) is 18.6. The molecule has 3 unspecified atom stereocenters. The molecular formula is C71H138O17P2. The van der Waals surface area contributed by atoms with Crippen molar-refractivity contribution in [3.05, 3.63) is 0 Å². The van der Waals surface area contributed by atoms with Crippen LogP contribution in [-0.4, -0.2) is 96.7 Å². The van der Waals surface area contributed by atoms with Gasteiger partial charge in [0.15, 0.2) is 12.2 Å². The molecule has 0 aromatic rings. The highest BCUT2D eigenvalue weighted by atomic mass is 31.2. The normalized spacial score (nSPS) is 14.6. The first-order chi connectivity index (χ1) is 43.1. The molecule has 0 aromatic heterocycles. The molecule has 0 aromatic carbocycles. The van der Waals surface area contributed by atoms with Gasteiger partial charge < -0.3 is 33.8 Å². The number of esters is 4. The molecule has 0 rings (SSSR count). The summed E-state index contributed by atoms with van der Waals surface area (Å²) in [6.45, 7) is 14.1. The lowest BCUT2D eigenvalue weighted by molar-refractivity contribution is -0.161. The Labute approximate surface area is 549 Å². The average molecular weight is 1330 g/mol. The van der Waals surface area contributed by atoms with Crippen LogP contribution in [-0.2, 0) is 65.4 Å². The Morgan fingerprint density at radius 2 is 0.533 bits per heavy atom. The molecule has 6 atom stereocenters. The highest BCUT2D eigenvalue weighted by Gasteiger charge is 2.30. The highest BCUT2D eigenvalue weighted by molar-refractivity contribution is 7.47. The Balaban J connectivity index is 5.25. The molecule has 0 saturated carbocycles. The lowest BCUT2D eigenvalue weighted by Gasteiger charge is -2.21. The number of phosphoric ester groups is 2. The summed E-state index contributed by atoms with van der Waals surface area (Å²) in [7, 11) is -9.90. The third-order valence-electron chi connectivity index (χ3n) is 16.7. The minimum absolute atomic E-state index is 0.103. The van der Waals surface area contributed by atoms with Gasteiger partial charge in [0.05, 0.1) is 26.4 Å². The van der Waals surface area contributed by atoms with E-state index in [1.165, 1.54) is 148 Å².